The Morgan fingerprint density at radius 3 is 2.40 bits per heavy atom. The molecule has 5 heteroatoms. The lowest BCUT2D eigenvalue weighted by molar-refractivity contribution is -0.739. The normalized spacial score (nSPS) is 10.9. The van der Waals surface area contributed by atoms with E-state index in [2.05, 4.69) is 34.4 Å². The maximum Gasteiger partial charge on any atom is 0.371 e. The average Bonchev–Trinajstić information content (AvgIpc) is 2.53. The second kappa shape index (κ2) is 6.75. The maximum atomic E-state index is 5.10. The zero-order valence-corrected chi connectivity index (χ0v) is 12.1. The number of aromatic nitrogens is 2. The minimum absolute atomic E-state index is 0.568. The van der Waals surface area contributed by atoms with Gasteiger partial charge in [0.15, 0.2) is 0 Å². The van der Waals surface area contributed by atoms with E-state index in [1.54, 1.807) is 17.9 Å². The van der Waals surface area contributed by atoms with Gasteiger partial charge < -0.3 is 4.74 Å². The minimum Gasteiger partial charge on any atom is -0.479 e. The van der Waals surface area contributed by atoms with Gasteiger partial charge in [0, 0.05) is 12.1 Å². The molecule has 0 radical (unpaired) electrons. The van der Waals surface area contributed by atoms with Crippen molar-refractivity contribution in [2.24, 2.45) is 10.2 Å². The molecule has 0 bridgehead atoms. The van der Waals surface area contributed by atoms with E-state index >= 15 is 0 Å². The fourth-order valence-corrected chi connectivity index (χ4v) is 1.77. The van der Waals surface area contributed by atoms with Crippen molar-refractivity contribution in [2.75, 3.05) is 7.11 Å². The number of rotatable bonds is 5. The monoisotopic (exact) mass is 271 g/mol. The molecule has 0 fully saturated rings. The molecule has 0 aliphatic heterocycles. The van der Waals surface area contributed by atoms with Gasteiger partial charge in [-0.3, -0.25) is 0 Å². The summed E-state index contributed by atoms with van der Waals surface area (Å²) in [6, 6.07) is 11.7. The summed E-state index contributed by atoms with van der Waals surface area (Å²) in [6.07, 6.45) is 1.02. The molecule has 1 heterocycles. The molecule has 104 valence electrons. The summed E-state index contributed by atoms with van der Waals surface area (Å²) in [6.45, 7) is 4.84. The van der Waals surface area contributed by atoms with Gasteiger partial charge in [-0.1, -0.05) is 19.1 Å². The smallest absolute Gasteiger partial charge is 0.371 e. The number of aryl methyl sites for hydroxylation is 2. The van der Waals surface area contributed by atoms with Crippen molar-refractivity contribution in [3.8, 4) is 5.88 Å². The van der Waals surface area contributed by atoms with Crippen LogP contribution >= 0.6 is 0 Å². The predicted molar refractivity (Wildman–Crippen MR) is 76.7 cm³/mol. The van der Waals surface area contributed by atoms with E-state index in [4.69, 9.17) is 4.74 Å². The summed E-state index contributed by atoms with van der Waals surface area (Å²) >= 11 is 0. The standard InChI is InChI=1S/C15H19N4O/c1-4-12-6-8-13(9-7-12)16-17-14-10-11-15(20-3)18-19(14)5-2/h6-11H,4-5H2,1-3H3/q+1. The van der Waals surface area contributed by atoms with Gasteiger partial charge in [-0.05, 0) is 41.3 Å². The lowest BCUT2D eigenvalue weighted by atomic mass is 10.2. The van der Waals surface area contributed by atoms with Gasteiger partial charge >= 0.3 is 5.82 Å². The predicted octanol–water partition coefficient (Wildman–Crippen LogP) is 3.38. The number of benzene rings is 1. The van der Waals surface area contributed by atoms with Crippen LogP contribution in [0.2, 0.25) is 0 Å². The highest BCUT2D eigenvalue weighted by Crippen LogP contribution is 2.17. The molecule has 2 rings (SSSR count). The molecule has 0 atom stereocenters. The molecule has 5 nitrogen and oxygen atoms in total. The third-order valence-electron chi connectivity index (χ3n) is 2.98. The Kier molecular flexibility index (Phi) is 4.76. The van der Waals surface area contributed by atoms with Crippen LogP contribution in [0.15, 0.2) is 46.6 Å². The Bertz CT molecular complexity index is 593. The Labute approximate surface area is 118 Å². The van der Waals surface area contributed by atoms with E-state index in [9.17, 15) is 0 Å². The van der Waals surface area contributed by atoms with Gasteiger partial charge in [-0.2, -0.15) is 0 Å². The van der Waals surface area contributed by atoms with Crippen LogP contribution in [0.3, 0.4) is 0 Å². The second-order valence-corrected chi connectivity index (χ2v) is 4.27. The third-order valence-corrected chi connectivity index (χ3v) is 2.98. The van der Waals surface area contributed by atoms with Crippen molar-refractivity contribution in [3.05, 3.63) is 42.0 Å². The van der Waals surface area contributed by atoms with E-state index in [1.165, 1.54) is 5.56 Å². The van der Waals surface area contributed by atoms with E-state index in [-0.39, 0.29) is 0 Å². The molecule has 0 spiro atoms. The molecule has 0 saturated carbocycles. The first kappa shape index (κ1) is 14.1. The molecule has 2 aromatic rings. The summed E-state index contributed by atoms with van der Waals surface area (Å²) in [5.74, 6) is 1.27. The van der Waals surface area contributed by atoms with Crippen molar-refractivity contribution in [3.63, 3.8) is 0 Å². The second-order valence-electron chi connectivity index (χ2n) is 4.27. The molecular formula is C15H19N4O+. The number of ether oxygens (including phenoxy) is 1. The summed E-state index contributed by atoms with van der Waals surface area (Å²) in [7, 11) is 1.60. The van der Waals surface area contributed by atoms with Crippen molar-refractivity contribution in [1.29, 1.82) is 0 Å². The summed E-state index contributed by atoms with van der Waals surface area (Å²) in [5.41, 5.74) is 2.12. The molecule has 0 saturated heterocycles. The zero-order valence-electron chi connectivity index (χ0n) is 12.1. The van der Waals surface area contributed by atoms with Crippen LogP contribution in [0.25, 0.3) is 0 Å². The highest BCUT2D eigenvalue weighted by molar-refractivity contribution is 5.38. The van der Waals surface area contributed by atoms with E-state index in [1.807, 2.05) is 25.1 Å². The van der Waals surface area contributed by atoms with E-state index < -0.39 is 0 Å². The first-order chi connectivity index (χ1) is 9.76. The van der Waals surface area contributed by atoms with Gasteiger partial charge in [0.1, 0.15) is 12.2 Å². The van der Waals surface area contributed by atoms with E-state index in [0.717, 1.165) is 12.1 Å². The van der Waals surface area contributed by atoms with Crippen LogP contribution in [0.4, 0.5) is 11.5 Å². The van der Waals surface area contributed by atoms with Crippen LogP contribution in [0.1, 0.15) is 19.4 Å². The maximum absolute atomic E-state index is 5.10. The van der Waals surface area contributed by atoms with Crippen LogP contribution < -0.4 is 9.42 Å². The SMILES string of the molecule is CCc1ccc(N=Nc2ccc(OC)n[n+]2CC)cc1. The number of methoxy groups -OCH3 is 1. The van der Waals surface area contributed by atoms with Crippen LogP contribution in [0.5, 0.6) is 5.88 Å². The molecular weight excluding hydrogens is 252 g/mol. The number of nitrogens with zero attached hydrogens (tertiary/aromatic N) is 4. The molecule has 0 unspecified atom stereocenters. The van der Waals surface area contributed by atoms with Crippen molar-refractivity contribution in [2.45, 2.75) is 26.8 Å². The van der Waals surface area contributed by atoms with Crippen molar-refractivity contribution in [1.82, 2.24) is 5.10 Å². The summed E-state index contributed by atoms with van der Waals surface area (Å²) in [4.78, 5) is 0. The topological polar surface area (TPSA) is 50.7 Å². The highest BCUT2D eigenvalue weighted by atomic mass is 16.5. The van der Waals surface area contributed by atoms with Gasteiger partial charge in [-0.15, -0.1) is 4.68 Å². The lowest BCUT2D eigenvalue weighted by Gasteiger charge is -1.99. The fraction of sp³-hybridized carbons (Fsp3) is 0.333. The third kappa shape index (κ3) is 3.38. The molecule has 1 aromatic carbocycles. The van der Waals surface area contributed by atoms with Gasteiger partial charge in [-0.25, -0.2) is 0 Å². The highest BCUT2D eigenvalue weighted by Gasteiger charge is 2.11. The summed E-state index contributed by atoms with van der Waals surface area (Å²) in [5, 5.41) is 12.8. The average molecular weight is 271 g/mol. The van der Waals surface area contributed by atoms with Crippen LogP contribution in [-0.4, -0.2) is 12.2 Å². The molecule has 1 aromatic heterocycles. The largest absolute Gasteiger partial charge is 0.479 e. The first-order valence-corrected chi connectivity index (χ1v) is 6.72. The lowest BCUT2D eigenvalue weighted by Crippen LogP contribution is -2.37. The Morgan fingerprint density at radius 2 is 1.80 bits per heavy atom. The number of azo groups is 1. The molecule has 0 N–H and O–H groups in total. The Balaban J connectivity index is 2.21. The number of hydrogen-bond acceptors (Lipinski definition) is 4. The van der Waals surface area contributed by atoms with Crippen molar-refractivity contribution >= 4 is 11.5 Å². The first-order valence-electron chi connectivity index (χ1n) is 6.72. The van der Waals surface area contributed by atoms with Crippen molar-refractivity contribution < 1.29 is 9.42 Å². The molecule has 0 aliphatic carbocycles. The summed E-state index contributed by atoms with van der Waals surface area (Å²) < 4.78 is 6.85. The van der Waals surface area contributed by atoms with Gasteiger partial charge in [0.2, 0.25) is 0 Å². The van der Waals surface area contributed by atoms with Crippen LogP contribution in [-0.2, 0) is 13.0 Å². The minimum atomic E-state index is 0.568. The Hall–Kier alpha value is -2.30. The zero-order chi connectivity index (χ0) is 14.4. The Morgan fingerprint density at radius 1 is 1.05 bits per heavy atom. The molecule has 0 aliphatic rings. The van der Waals surface area contributed by atoms with Gasteiger partial charge in [0.05, 0.1) is 12.2 Å². The quantitative estimate of drug-likeness (QED) is 0.618. The van der Waals surface area contributed by atoms with Gasteiger partial charge in [0.25, 0.3) is 5.88 Å². The van der Waals surface area contributed by atoms with E-state index in [0.29, 0.717) is 18.2 Å². The molecule has 0 amide bonds. The number of hydrogen-bond donors (Lipinski definition) is 0. The fourth-order valence-electron chi connectivity index (χ4n) is 1.77. The molecule has 20 heavy (non-hydrogen) atoms. The van der Waals surface area contributed by atoms with Crippen LogP contribution in [0, 0.1) is 0 Å².